The van der Waals surface area contributed by atoms with Gasteiger partial charge in [0.05, 0.1) is 6.20 Å². The Morgan fingerprint density at radius 3 is 2.45 bits per heavy atom. The van der Waals surface area contributed by atoms with Gasteiger partial charge in [0.1, 0.15) is 10.8 Å². The molecular formula is C24H29ClN6. The van der Waals surface area contributed by atoms with E-state index in [4.69, 9.17) is 11.6 Å². The fourth-order valence-electron chi connectivity index (χ4n) is 3.64. The van der Waals surface area contributed by atoms with Crippen LogP contribution in [0.2, 0.25) is 5.02 Å². The first-order valence-electron chi connectivity index (χ1n) is 10.8. The number of benzene rings is 2. The fourth-order valence-corrected chi connectivity index (χ4v) is 3.80. The SMILES string of the molecule is CN1CCN(c2ccc(Nc3ncc(Cl)c(NCCCc4ccccc4)n3)cc2)CC1. The molecule has 2 heterocycles. The molecule has 7 heteroatoms. The summed E-state index contributed by atoms with van der Waals surface area (Å²) in [4.78, 5) is 13.6. The quantitative estimate of drug-likeness (QED) is 0.500. The van der Waals surface area contributed by atoms with E-state index in [0.29, 0.717) is 16.8 Å². The van der Waals surface area contributed by atoms with Crippen molar-refractivity contribution in [1.82, 2.24) is 14.9 Å². The number of hydrogen-bond acceptors (Lipinski definition) is 6. The summed E-state index contributed by atoms with van der Waals surface area (Å²) in [5, 5.41) is 7.13. The standard InChI is InChI=1S/C24H29ClN6/c1-30-14-16-31(17-15-30)21-11-9-20(10-12-21)28-24-27-18-22(25)23(29-24)26-13-5-8-19-6-3-2-4-7-19/h2-4,6-7,9-12,18H,5,8,13-17H2,1H3,(H2,26,27,28,29). The van der Waals surface area contributed by atoms with E-state index in [-0.39, 0.29) is 0 Å². The molecule has 31 heavy (non-hydrogen) atoms. The summed E-state index contributed by atoms with van der Waals surface area (Å²) in [7, 11) is 2.17. The Labute approximate surface area is 189 Å². The van der Waals surface area contributed by atoms with Gasteiger partial charge in [-0.25, -0.2) is 4.98 Å². The average molecular weight is 437 g/mol. The molecule has 0 saturated carbocycles. The highest BCUT2D eigenvalue weighted by Crippen LogP contribution is 2.23. The molecule has 2 N–H and O–H groups in total. The molecule has 162 valence electrons. The van der Waals surface area contributed by atoms with Crippen LogP contribution in [-0.2, 0) is 6.42 Å². The number of anilines is 4. The zero-order valence-electron chi connectivity index (χ0n) is 17.9. The molecule has 3 aromatic rings. The number of aromatic nitrogens is 2. The molecule has 0 radical (unpaired) electrons. The lowest BCUT2D eigenvalue weighted by Crippen LogP contribution is -2.44. The van der Waals surface area contributed by atoms with Crippen molar-refractivity contribution in [3.05, 3.63) is 71.4 Å². The van der Waals surface area contributed by atoms with Crippen molar-refractivity contribution in [3.63, 3.8) is 0 Å². The molecule has 6 nitrogen and oxygen atoms in total. The first-order valence-corrected chi connectivity index (χ1v) is 11.2. The maximum Gasteiger partial charge on any atom is 0.229 e. The van der Waals surface area contributed by atoms with Gasteiger partial charge in [0, 0.05) is 44.1 Å². The molecule has 0 atom stereocenters. The summed E-state index contributed by atoms with van der Waals surface area (Å²) in [6, 6.07) is 18.9. The summed E-state index contributed by atoms with van der Waals surface area (Å²) in [6.45, 7) is 5.11. The molecule has 1 aromatic heterocycles. The highest BCUT2D eigenvalue weighted by molar-refractivity contribution is 6.32. The molecule has 0 spiro atoms. The van der Waals surface area contributed by atoms with Crippen LogP contribution in [-0.4, -0.2) is 54.6 Å². The largest absolute Gasteiger partial charge is 0.369 e. The molecule has 4 rings (SSSR count). The molecule has 0 aliphatic carbocycles. The van der Waals surface area contributed by atoms with Crippen molar-refractivity contribution < 1.29 is 0 Å². The molecule has 1 aliphatic heterocycles. The summed E-state index contributed by atoms with van der Waals surface area (Å²) in [5.74, 6) is 1.18. The number of aryl methyl sites for hydroxylation is 1. The zero-order chi connectivity index (χ0) is 21.5. The van der Waals surface area contributed by atoms with Crippen molar-refractivity contribution in [2.45, 2.75) is 12.8 Å². The van der Waals surface area contributed by atoms with Crippen molar-refractivity contribution in [3.8, 4) is 0 Å². The Hall–Kier alpha value is -2.83. The number of piperazine rings is 1. The summed E-state index contributed by atoms with van der Waals surface area (Å²) in [5.41, 5.74) is 3.53. The van der Waals surface area contributed by atoms with Crippen LogP contribution < -0.4 is 15.5 Å². The van der Waals surface area contributed by atoms with E-state index in [2.05, 4.69) is 86.0 Å². The summed E-state index contributed by atoms with van der Waals surface area (Å²) in [6.07, 6.45) is 3.65. The van der Waals surface area contributed by atoms with Gasteiger partial charge in [-0.05, 0) is 49.7 Å². The van der Waals surface area contributed by atoms with Crippen LogP contribution in [0.25, 0.3) is 0 Å². The van der Waals surface area contributed by atoms with Crippen LogP contribution in [0, 0.1) is 0 Å². The lowest BCUT2D eigenvalue weighted by molar-refractivity contribution is 0.313. The molecule has 0 bridgehead atoms. The molecule has 0 amide bonds. The number of likely N-dealkylation sites (N-methyl/N-ethyl adjacent to an activating group) is 1. The first kappa shape index (κ1) is 21.4. The number of rotatable bonds is 8. The van der Waals surface area contributed by atoms with E-state index in [1.54, 1.807) is 6.20 Å². The number of hydrogen-bond donors (Lipinski definition) is 2. The minimum Gasteiger partial charge on any atom is -0.369 e. The molecule has 2 aromatic carbocycles. The van der Waals surface area contributed by atoms with Crippen LogP contribution in [0.4, 0.5) is 23.1 Å². The van der Waals surface area contributed by atoms with Crippen molar-refractivity contribution in [2.75, 3.05) is 55.3 Å². The Balaban J connectivity index is 1.31. The van der Waals surface area contributed by atoms with Gasteiger partial charge in [-0.2, -0.15) is 4.98 Å². The number of nitrogens with one attached hydrogen (secondary N) is 2. The van der Waals surface area contributed by atoms with Gasteiger partial charge >= 0.3 is 0 Å². The van der Waals surface area contributed by atoms with E-state index >= 15 is 0 Å². The summed E-state index contributed by atoms with van der Waals surface area (Å²) >= 11 is 6.29. The predicted octanol–water partition coefficient (Wildman–Crippen LogP) is 4.67. The van der Waals surface area contributed by atoms with Crippen molar-refractivity contribution >= 4 is 34.7 Å². The monoisotopic (exact) mass is 436 g/mol. The second-order valence-electron chi connectivity index (χ2n) is 7.87. The van der Waals surface area contributed by atoms with Crippen LogP contribution in [0.15, 0.2) is 60.8 Å². The minimum atomic E-state index is 0.524. The topological polar surface area (TPSA) is 56.3 Å². The molecule has 1 saturated heterocycles. The highest BCUT2D eigenvalue weighted by atomic mass is 35.5. The Morgan fingerprint density at radius 2 is 1.71 bits per heavy atom. The number of halogens is 1. The van der Waals surface area contributed by atoms with Gasteiger partial charge in [-0.15, -0.1) is 0 Å². The maximum absolute atomic E-state index is 6.29. The van der Waals surface area contributed by atoms with E-state index < -0.39 is 0 Å². The lowest BCUT2D eigenvalue weighted by Gasteiger charge is -2.34. The fraction of sp³-hybridized carbons (Fsp3) is 0.333. The molecule has 1 fully saturated rings. The number of nitrogens with zero attached hydrogens (tertiary/aromatic N) is 4. The predicted molar refractivity (Wildman–Crippen MR) is 130 cm³/mol. The Bertz CT molecular complexity index is 956. The third-order valence-corrected chi connectivity index (χ3v) is 5.79. The van der Waals surface area contributed by atoms with Crippen LogP contribution in [0.1, 0.15) is 12.0 Å². The lowest BCUT2D eigenvalue weighted by atomic mass is 10.1. The van der Waals surface area contributed by atoms with Gasteiger partial charge in [0.15, 0.2) is 0 Å². The van der Waals surface area contributed by atoms with Crippen molar-refractivity contribution in [2.24, 2.45) is 0 Å². The second-order valence-corrected chi connectivity index (χ2v) is 8.28. The van der Waals surface area contributed by atoms with Crippen LogP contribution >= 0.6 is 11.6 Å². The summed E-state index contributed by atoms with van der Waals surface area (Å²) < 4.78 is 0. The van der Waals surface area contributed by atoms with Crippen LogP contribution in [0.5, 0.6) is 0 Å². The second kappa shape index (κ2) is 10.5. The van der Waals surface area contributed by atoms with E-state index in [1.165, 1.54) is 11.3 Å². The van der Waals surface area contributed by atoms with E-state index in [9.17, 15) is 0 Å². The van der Waals surface area contributed by atoms with Gasteiger partial charge < -0.3 is 20.4 Å². The maximum atomic E-state index is 6.29. The van der Waals surface area contributed by atoms with E-state index in [0.717, 1.165) is 51.3 Å². The van der Waals surface area contributed by atoms with Crippen LogP contribution in [0.3, 0.4) is 0 Å². The molecule has 1 aliphatic rings. The van der Waals surface area contributed by atoms with Gasteiger partial charge in [-0.3, -0.25) is 0 Å². The molecular weight excluding hydrogens is 408 g/mol. The smallest absolute Gasteiger partial charge is 0.229 e. The minimum absolute atomic E-state index is 0.524. The van der Waals surface area contributed by atoms with Gasteiger partial charge in [0.2, 0.25) is 5.95 Å². The molecule has 0 unspecified atom stereocenters. The zero-order valence-corrected chi connectivity index (χ0v) is 18.6. The first-order chi connectivity index (χ1) is 15.2. The highest BCUT2D eigenvalue weighted by Gasteiger charge is 2.14. The Kier molecular flexibility index (Phi) is 7.22. The third-order valence-electron chi connectivity index (χ3n) is 5.51. The average Bonchev–Trinajstić information content (AvgIpc) is 2.80. The van der Waals surface area contributed by atoms with Gasteiger partial charge in [-0.1, -0.05) is 41.9 Å². The Morgan fingerprint density at radius 1 is 0.968 bits per heavy atom. The van der Waals surface area contributed by atoms with E-state index in [1.807, 2.05) is 6.07 Å². The van der Waals surface area contributed by atoms with Crippen molar-refractivity contribution in [1.29, 1.82) is 0 Å². The third kappa shape index (κ3) is 6.09. The normalized spacial score (nSPS) is 14.5. The van der Waals surface area contributed by atoms with Gasteiger partial charge in [0.25, 0.3) is 0 Å².